The van der Waals surface area contributed by atoms with E-state index < -0.39 is 6.10 Å². The van der Waals surface area contributed by atoms with Crippen LogP contribution in [0.1, 0.15) is 24.2 Å². The number of aromatic nitrogens is 1. The Bertz CT molecular complexity index is 684. The molecule has 22 heavy (non-hydrogen) atoms. The molecule has 0 spiro atoms. The Kier molecular flexibility index (Phi) is 5.11. The Labute approximate surface area is 132 Å². The lowest BCUT2D eigenvalue weighted by atomic mass is 10.1. The predicted molar refractivity (Wildman–Crippen MR) is 83.8 cm³/mol. The van der Waals surface area contributed by atoms with Crippen LogP contribution in [0.4, 0.5) is 5.13 Å². The van der Waals surface area contributed by atoms with Crippen molar-refractivity contribution < 1.29 is 19.1 Å². The summed E-state index contributed by atoms with van der Waals surface area (Å²) < 4.78 is 10.6. The molecule has 1 heterocycles. The van der Waals surface area contributed by atoms with Crippen LogP contribution >= 0.6 is 11.3 Å². The summed E-state index contributed by atoms with van der Waals surface area (Å²) in [7, 11) is 1.53. The molecular weight excluding hydrogens is 304 g/mol. The van der Waals surface area contributed by atoms with Gasteiger partial charge in [-0.1, -0.05) is 23.5 Å². The molecule has 116 valence electrons. The molecule has 0 aliphatic heterocycles. The minimum absolute atomic E-state index is 0.0579. The van der Waals surface area contributed by atoms with Gasteiger partial charge in [0.25, 0.3) is 5.91 Å². The number of methoxy groups -OCH3 is 1. The molecule has 0 fully saturated rings. The van der Waals surface area contributed by atoms with Gasteiger partial charge in [0.1, 0.15) is 5.75 Å². The topological polar surface area (TPSA) is 77.5 Å². The number of carbonyl (C=O) groups is 2. The maximum atomic E-state index is 12.1. The van der Waals surface area contributed by atoms with Crippen LogP contribution in [0.3, 0.4) is 0 Å². The first-order valence-electron chi connectivity index (χ1n) is 6.58. The van der Waals surface area contributed by atoms with Crippen LogP contribution in [0.5, 0.6) is 10.8 Å². The Hall–Kier alpha value is -2.41. The molecule has 1 unspecified atom stereocenters. The number of rotatable bonds is 6. The summed E-state index contributed by atoms with van der Waals surface area (Å²) in [4.78, 5) is 27.4. The summed E-state index contributed by atoms with van der Waals surface area (Å²) in [5.41, 5.74) is 0.537. The Morgan fingerprint density at radius 3 is 2.77 bits per heavy atom. The molecule has 0 saturated heterocycles. The van der Waals surface area contributed by atoms with E-state index in [0.717, 1.165) is 0 Å². The lowest BCUT2D eigenvalue weighted by Crippen LogP contribution is -2.30. The van der Waals surface area contributed by atoms with Crippen molar-refractivity contribution >= 4 is 28.2 Å². The van der Waals surface area contributed by atoms with Gasteiger partial charge in [-0.05, 0) is 26.0 Å². The molecule has 0 aliphatic carbocycles. The standard InChI is InChI=1S/C15H16N2O4S/c1-9(18)11-5-4-6-12(7-11)21-10(2)14(19)17-15-16-8-13(20-3)22-15/h4-8,10H,1-3H3,(H,16,17,19). The number of hydrogen-bond acceptors (Lipinski definition) is 6. The zero-order chi connectivity index (χ0) is 16.1. The normalized spacial score (nSPS) is 11.6. The van der Waals surface area contributed by atoms with Gasteiger partial charge in [-0.15, -0.1) is 0 Å². The van der Waals surface area contributed by atoms with E-state index in [1.54, 1.807) is 31.2 Å². The van der Waals surface area contributed by atoms with Gasteiger partial charge in [-0.3, -0.25) is 14.9 Å². The minimum atomic E-state index is -0.725. The van der Waals surface area contributed by atoms with Crippen molar-refractivity contribution in [2.45, 2.75) is 20.0 Å². The van der Waals surface area contributed by atoms with Crippen LogP contribution in [0.2, 0.25) is 0 Å². The number of nitrogens with zero attached hydrogens (tertiary/aromatic N) is 1. The molecule has 6 nitrogen and oxygen atoms in total. The molecule has 7 heteroatoms. The van der Waals surface area contributed by atoms with Crippen molar-refractivity contribution in [1.29, 1.82) is 0 Å². The van der Waals surface area contributed by atoms with Gasteiger partial charge >= 0.3 is 0 Å². The molecule has 1 aromatic heterocycles. The quantitative estimate of drug-likeness (QED) is 0.828. The van der Waals surface area contributed by atoms with E-state index in [-0.39, 0.29) is 11.7 Å². The number of hydrogen-bond donors (Lipinski definition) is 1. The molecule has 1 aromatic carbocycles. The average Bonchev–Trinajstić information content (AvgIpc) is 2.95. The van der Waals surface area contributed by atoms with Gasteiger partial charge in [-0.25, -0.2) is 4.98 Å². The van der Waals surface area contributed by atoms with Gasteiger partial charge in [-0.2, -0.15) is 0 Å². The smallest absolute Gasteiger partial charge is 0.266 e. The van der Waals surface area contributed by atoms with E-state index in [0.29, 0.717) is 21.5 Å². The highest BCUT2D eigenvalue weighted by atomic mass is 32.1. The van der Waals surface area contributed by atoms with Crippen LogP contribution in [0.15, 0.2) is 30.5 Å². The second kappa shape index (κ2) is 7.04. The van der Waals surface area contributed by atoms with Gasteiger partial charge < -0.3 is 9.47 Å². The average molecular weight is 320 g/mol. The van der Waals surface area contributed by atoms with E-state index in [4.69, 9.17) is 9.47 Å². The number of nitrogens with one attached hydrogen (secondary N) is 1. The summed E-state index contributed by atoms with van der Waals surface area (Å²) in [6.07, 6.45) is 0.805. The van der Waals surface area contributed by atoms with Crippen molar-refractivity contribution in [3.8, 4) is 10.8 Å². The summed E-state index contributed by atoms with van der Waals surface area (Å²) in [6, 6.07) is 6.71. The van der Waals surface area contributed by atoms with E-state index in [2.05, 4.69) is 10.3 Å². The lowest BCUT2D eigenvalue weighted by molar-refractivity contribution is -0.122. The maximum absolute atomic E-state index is 12.1. The largest absolute Gasteiger partial charge is 0.486 e. The number of Topliss-reactive ketones (excluding diaryl/α,β-unsaturated/α-hetero) is 1. The SMILES string of the molecule is COc1cnc(NC(=O)C(C)Oc2cccc(C(C)=O)c2)s1. The van der Waals surface area contributed by atoms with Crippen molar-refractivity contribution in [1.82, 2.24) is 4.98 Å². The number of thiazole rings is 1. The second-order valence-corrected chi connectivity index (χ2v) is 5.52. The fourth-order valence-corrected chi connectivity index (χ4v) is 2.30. The van der Waals surface area contributed by atoms with Crippen LogP contribution in [-0.2, 0) is 4.79 Å². The molecule has 0 saturated carbocycles. The zero-order valence-electron chi connectivity index (χ0n) is 12.5. The van der Waals surface area contributed by atoms with Crippen molar-refractivity contribution in [3.05, 3.63) is 36.0 Å². The highest BCUT2D eigenvalue weighted by Gasteiger charge is 2.17. The maximum Gasteiger partial charge on any atom is 0.266 e. The number of carbonyl (C=O) groups excluding carboxylic acids is 2. The van der Waals surface area contributed by atoms with Crippen molar-refractivity contribution in [3.63, 3.8) is 0 Å². The van der Waals surface area contributed by atoms with Crippen LogP contribution in [-0.4, -0.2) is 29.9 Å². The van der Waals surface area contributed by atoms with Crippen molar-refractivity contribution in [2.24, 2.45) is 0 Å². The van der Waals surface area contributed by atoms with Crippen LogP contribution < -0.4 is 14.8 Å². The van der Waals surface area contributed by atoms with Gasteiger partial charge in [0, 0.05) is 5.56 Å². The Morgan fingerprint density at radius 2 is 2.14 bits per heavy atom. The third-order valence-electron chi connectivity index (χ3n) is 2.84. The minimum Gasteiger partial charge on any atom is -0.486 e. The van der Waals surface area contributed by atoms with E-state index in [9.17, 15) is 9.59 Å². The molecule has 2 rings (SSSR count). The van der Waals surface area contributed by atoms with Crippen LogP contribution in [0, 0.1) is 0 Å². The molecule has 0 radical (unpaired) electrons. The number of ketones is 1. The number of amides is 1. The predicted octanol–water partition coefficient (Wildman–Crippen LogP) is 2.76. The molecule has 0 aliphatic rings. The fourth-order valence-electron chi connectivity index (χ4n) is 1.66. The second-order valence-electron chi connectivity index (χ2n) is 4.52. The zero-order valence-corrected chi connectivity index (χ0v) is 13.3. The van der Waals surface area contributed by atoms with Gasteiger partial charge in [0.15, 0.2) is 22.1 Å². The van der Waals surface area contributed by atoms with Gasteiger partial charge in [0.2, 0.25) is 0 Å². The third kappa shape index (κ3) is 4.05. The van der Waals surface area contributed by atoms with E-state index in [1.165, 1.54) is 31.6 Å². The molecule has 1 N–H and O–H groups in total. The number of ether oxygens (including phenoxy) is 2. The highest BCUT2D eigenvalue weighted by Crippen LogP contribution is 2.25. The summed E-state index contributed by atoms with van der Waals surface area (Å²) in [6.45, 7) is 3.10. The summed E-state index contributed by atoms with van der Waals surface area (Å²) in [5, 5.41) is 3.70. The molecule has 0 bridgehead atoms. The Balaban J connectivity index is 1.99. The first kappa shape index (κ1) is 16.0. The molecule has 2 aromatic rings. The number of benzene rings is 1. The Morgan fingerprint density at radius 1 is 1.36 bits per heavy atom. The lowest BCUT2D eigenvalue weighted by Gasteiger charge is -2.14. The van der Waals surface area contributed by atoms with Gasteiger partial charge in [0.05, 0.1) is 13.3 Å². The molecule has 1 atom stereocenters. The first-order chi connectivity index (χ1) is 10.5. The van der Waals surface area contributed by atoms with E-state index in [1.807, 2.05) is 0 Å². The number of anilines is 1. The monoisotopic (exact) mass is 320 g/mol. The van der Waals surface area contributed by atoms with Crippen molar-refractivity contribution in [2.75, 3.05) is 12.4 Å². The molecular formula is C15H16N2O4S. The van der Waals surface area contributed by atoms with Crippen LogP contribution in [0.25, 0.3) is 0 Å². The summed E-state index contributed by atoms with van der Waals surface area (Å²) in [5.74, 6) is 0.0785. The first-order valence-corrected chi connectivity index (χ1v) is 7.39. The fraction of sp³-hybridized carbons (Fsp3) is 0.267. The highest BCUT2D eigenvalue weighted by molar-refractivity contribution is 7.17. The van der Waals surface area contributed by atoms with E-state index >= 15 is 0 Å². The third-order valence-corrected chi connectivity index (χ3v) is 3.71. The molecule has 1 amide bonds. The summed E-state index contributed by atoms with van der Waals surface area (Å²) >= 11 is 1.23.